The number of aliphatic hydroxyl groups excluding tert-OH is 1. The Balaban J connectivity index is 1.62. The third-order valence-electron chi connectivity index (χ3n) is 5.57. The van der Waals surface area contributed by atoms with Crippen molar-refractivity contribution in [2.45, 2.75) is 44.9 Å². The third-order valence-corrected chi connectivity index (χ3v) is 5.57. The van der Waals surface area contributed by atoms with E-state index in [2.05, 4.69) is 4.98 Å². The molecule has 0 saturated heterocycles. The molecule has 6 nitrogen and oxygen atoms in total. The zero-order chi connectivity index (χ0) is 19.8. The fourth-order valence-corrected chi connectivity index (χ4v) is 3.84. The van der Waals surface area contributed by atoms with Gasteiger partial charge in [0.2, 0.25) is 0 Å². The lowest BCUT2D eigenvalue weighted by atomic mass is 10.0. The molecule has 6 heteroatoms. The molecule has 1 aliphatic carbocycles. The highest BCUT2D eigenvalue weighted by Crippen LogP contribution is 2.35. The molecule has 1 saturated carbocycles. The number of nitrogens with zero attached hydrogens (tertiary/aromatic N) is 2. The van der Waals surface area contributed by atoms with Gasteiger partial charge in [0.15, 0.2) is 0 Å². The van der Waals surface area contributed by atoms with Crippen LogP contribution in [0.4, 0.5) is 0 Å². The number of carbonyl (C=O) groups is 1. The van der Waals surface area contributed by atoms with Crippen molar-refractivity contribution < 1.29 is 9.90 Å². The number of benzene rings is 2. The van der Waals surface area contributed by atoms with Crippen LogP contribution in [0.25, 0.3) is 11.0 Å². The average molecular weight is 379 g/mol. The lowest BCUT2D eigenvalue weighted by molar-refractivity contribution is 0.0420. The number of nitrogens with one attached hydrogen (secondary N) is 1. The molecule has 1 aliphatic rings. The molecule has 2 atom stereocenters. The lowest BCUT2D eigenvalue weighted by Gasteiger charge is -2.32. The van der Waals surface area contributed by atoms with Crippen LogP contribution in [0.1, 0.15) is 54.8 Å². The molecule has 2 unspecified atom stereocenters. The molecular formula is C22H25N3O3. The minimum absolute atomic E-state index is 0.123. The summed E-state index contributed by atoms with van der Waals surface area (Å²) in [6, 6.07) is 14.6. The van der Waals surface area contributed by atoms with Crippen molar-refractivity contribution in [3.63, 3.8) is 0 Å². The molecule has 146 valence electrons. The molecule has 0 radical (unpaired) electrons. The third kappa shape index (κ3) is 3.24. The second kappa shape index (κ2) is 7.28. The second-order valence-corrected chi connectivity index (χ2v) is 7.45. The van der Waals surface area contributed by atoms with E-state index in [0.29, 0.717) is 17.6 Å². The number of carbonyl (C=O) groups excluding carboxylic acids is 1. The molecule has 2 N–H and O–H groups in total. The fraction of sp³-hybridized carbons (Fsp3) is 0.364. The fourth-order valence-electron chi connectivity index (χ4n) is 3.84. The zero-order valence-electron chi connectivity index (χ0n) is 16.1. The van der Waals surface area contributed by atoms with Crippen molar-refractivity contribution >= 4 is 16.9 Å². The summed E-state index contributed by atoms with van der Waals surface area (Å²) in [5.74, 6) is -0.160. The van der Waals surface area contributed by atoms with Gasteiger partial charge in [-0.1, -0.05) is 30.3 Å². The molecule has 0 bridgehead atoms. The van der Waals surface area contributed by atoms with E-state index in [1.165, 1.54) is 0 Å². The standard InChI is InChI=1S/C22H25N3O3/c1-3-24(14(2)20(26)15-7-5-4-6-8-15)21(27)16-9-12-19-18(13-16)23-22(28)25(19)17-10-11-17/h4-9,12-14,17,20,26H,3,10-11H2,1-2H3,(H,23,28). The monoisotopic (exact) mass is 379 g/mol. The van der Waals surface area contributed by atoms with Crippen LogP contribution >= 0.6 is 0 Å². The number of aliphatic hydroxyl groups is 1. The summed E-state index contributed by atoms with van der Waals surface area (Å²) < 4.78 is 1.78. The van der Waals surface area contributed by atoms with E-state index in [0.717, 1.165) is 23.9 Å². The summed E-state index contributed by atoms with van der Waals surface area (Å²) >= 11 is 0. The summed E-state index contributed by atoms with van der Waals surface area (Å²) in [6.07, 6.45) is 1.27. The van der Waals surface area contributed by atoms with E-state index < -0.39 is 6.10 Å². The highest BCUT2D eigenvalue weighted by atomic mass is 16.3. The van der Waals surface area contributed by atoms with E-state index in [9.17, 15) is 14.7 Å². The normalized spacial score (nSPS) is 16.1. The summed E-state index contributed by atoms with van der Waals surface area (Å²) in [4.78, 5) is 29.9. The molecule has 28 heavy (non-hydrogen) atoms. The van der Waals surface area contributed by atoms with Crippen LogP contribution < -0.4 is 5.69 Å². The molecule has 1 amide bonds. The van der Waals surface area contributed by atoms with Gasteiger partial charge in [0.1, 0.15) is 0 Å². The Hall–Kier alpha value is -2.86. The molecule has 1 aromatic heterocycles. The highest BCUT2D eigenvalue weighted by Gasteiger charge is 2.29. The van der Waals surface area contributed by atoms with Gasteiger partial charge in [0.25, 0.3) is 5.91 Å². The Morgan fingerprint density at radius 2 is 1.96 bits per heavy atom. The van der Waals surface area contributed by atoms with Gasteiger partial charge < -0.3 is 15.0 Å². The molecule has 2 aromatic carbocycles. The Morgan fingerprint density at radius 1 is 1.25 bits per heavy atom. The first kappa shape index (κ1) is 18.5. The minimum Gasteiger partial charge on any atom is -0.386 e. The van der Waals surface area contributed by atoms with Gasteiger partial charge in [-0.2, -0.15) is 0 Å². The Kier molecular flexibility index (Phi) is 4.81. The SMILES string of the molecule is CCN(C(=O)c1ccc2c(c1)[nH]c(=O)n2C1CC1)C(C)C(O)c1ccccc1. The van der Waals surface area contributed by atoms with E-state index in [1.54, 1.807) is 21.6 Å². The summed E-state index contributed by atoms with van der Waals surface area (Å²) in [5, 5.41) is 10.7. The predicted molar refractivity (Wildman–Crippen MR) is 108 cm³/mol. The first-order valence-electron chi connectivity index (χ1n) is 9.79. The van der Waals surface area contributed by atoms with Crippen molar-refractivity contribution in [1.29, 1.82) is 0 Å². The lowest BCUT2D eigenvalue weighted by Crippen LogP contribution is -2.42. The van der Waals surface area contributed by atoms with Gasteiger partial charge in [-0.3, -0.25) is 9.36 Å². The van der Waals surface area contributed by atoms with Crippen molar-refractivity contribution in [3.05, 3.63) is 70.1 Å². The maximum absolute atomic E-state index is 13.2. The number of aromatic nitrogens is 2. The highest BCUT2D eigenvalue weighted by molar-refractivity contribution is 5.97. The summed E-state index contributed by atoms with van der Waals surface area (Å²) in [5.41, 5.74) is 2.68. The van der Waals surface area contributed by atoms with Gasteiger partial charge in [-0.15, -0.1) is 0 Å². The van der Waals surface area contributed by atoms with Gasteiger partial charge in [-0.05, 0) is 50.5 Å². The molecule has 1 heterocycles. The first-order valence-corrected chi connectivity index (χ1v) is 9.79. The quantitative estimate of drug-likeness (QED) is 0.690. The Labute approximate surface area is 163 Å². The van der Waals surface area contributed by atoms with Crippen LogP contribution in [0.15, 0.2) is 53.3 Å². The number of H-pyrrole nitrogens is 1. The minimum atomic E-state index is -0.774. The van der Waals surface area contributed by atoms with Crippen LogP contribution in [0.5, 0.6) is 0 Å². The molecule has 0 spiro atoms. The summed E-state index contributed by atoms with van der Waals surface area (Å²) in [7, 11) is 0. The molecule has 3 aromatic rings. The van der Waals surface area contributed by atoms with Gasteiger partial charge in [-0.25, -0.2) is 4.79 Å². The number of likely N-dealkylation sites (N-methyl/N-ethyl adjacent to an activating group) is 1. The first-order chi connectivity index (χ1) is 13.5. The zero-order valence-corrected chi connectivity index (χ0v) is 16.1. The second-order valence-electron chi connectivity index (χ2n) is 7.45. The van der Waals surface area contributed by atoms with Gasteiger partial charge in [0, 0.05) is 18.2 Å². The molecule has 1 fully saturated rings. The number of rotatable bonds is 6. The van der Waals surface area contributed by atoms with Crippen molar-refractivity contribution in [2.75, 3.05) is 6.54 Å². The number of fused-ring (bicyclic) bond motifs is 1. The number of hydrogen-bond acceptors (Lipinski definition) is 3. The average Bonchev–Trinajstić information content (AvgIpc) is 3.49. The van der Waals surface area contributed by atoms with E-state index in [1.807, 2.05) is 50.2 Å². The van der Waals surface area contributed by atoms with Crippen LogP contribution in [-0.2, 0) is 0 Å². The maximum Gasteiger partial charge on any atom is 0.326 e. The van der Waals surface area contributed by atoms with E-state index in [4.69, 9.17) is 0 Å². The Morgan fingerprint density at radius 3 is 2.61 bits per heavy atom. The van der Waals surface area contributed by atoms with Crippen LogP contribution in [0, 0.1) is 0 Å². The van der Waals surface area contributed by atoms with E-state index >= 15 is 0 Å². The van der Waals surface area contributed by atoms with Crippen LogP contribution in [-0.4, -0.2) is 38.1 Å². The topological polar surface area (TPSA) is 78.3 Å². The number of amides is 1. The molecular weight excluding hydrogens is 354 g/mol. The predicted octanol–water partition coefficient (Wildman–Crippen LogP) is 3.25. The Bertz CT molecular complexity index is 1050. The van der Waals surface area contributed by atoms with Gasteiger partial charge >= 0.3 is 5.69 Å². The van der Waals surface area contributed by atoms with Crippen LogP contribution in [0.2, 0.25) is 0 Å². The van der Waals surface area contributed by atoms with Crippen molar-refractivity contribution in [3.8, 4) is 0 Å². The van der Waals surface area contributed by atoms with Crippen molar-refractivity contribution in [2.24, 2.45) is 0 Å². The van der Waals surface area contributed by atoms with Crippen molar-refractivity contribution in [1.82, 2.24) is 14.5 Å². The van der Waals surface area contributed by atoms with Gasteiger partial charge in [0.05, 0.1) is 23.2 Å². The largest absolute Gasteiger partial charge is 0.386 e. The van der Waals surface area contributed by atoms with Crippen LogP contribution in [0.3, 0.4) is 0 Å². The number of imidazole rings is 1. The maximum atomic E-state index is 13.2. The molecule has 4 rings (SSSR count). The van der Waals surface area contributed by atoms with E-state index in [-0.39, 0.29) is 23.7 Å². The summed E-state index contributed by atoms with van der Waals surface area (Å²) in [6.45, 7) is 4.22. The number of aromatic amines is 1. The number of hydrogen-bond donors (Lipinski definition) is 2. The molecule has 0 aliphatic heterocycles. The smallest absolute Gasteiger partial charge is 0.326 e.